The molecule has 0 amide bonds. The molecule has 94 valence electrons. The van der Waals surface area contributed by atoms with Gasteiger partial charge in [-0.1, -0.05) is 12.1 Å². The van der Waals surface area contributed by atoms with Gasteiger partial charge in [0, 0.05) is 6.20 Å². The van der Waals surface area contributed by atoms with Gasteiger partial charge in [-0.05, 0) is 40.5 Å². The van der Waals surface area contributed by atoms with Crippen LogP contribution >= 0.6 is 15.9 Å². The maximum atomic E-state index is 11.3. The Hall–Kier alpha value is -1.62. The van der Waals surface area contributed by atoms with Gasteiger partial charge in [-0.25, -0.2) is 0 Å². The fourth-order valence-corrected chi connectivity index (χ4v) is 2.22. The summed E-state index contributed by atoms with van der Waals surface area (Å²) in [6.45, 7) is 2.15. The second-order valence-corrected chi connectivity index (χ2v) is 4.69. The maximum absolute atomic E-state index is 11.3. The van der Waals surface area contributed by atoms with Gasteiger partial charge in [0.2, 0.25) is 0 Å². The number of carbonyl (C=O) groups is 1. The molecule has 0 saturated carbocycles. The Morgan fingerprint density at radius 1 is 1.39 bits per heavy atom. The number of ketones is 1. The zero-order valence-corrected chi connectivity index (χ0v) is 11.8. The standard InChI is InChI=1S/C13H13BrN2O2/c1-9(17)12-8-16(15-13(12)14)7-10-3-5-11(18-2)6-4-10/h3-6,8H,7H2,1-2H3. The first-order valence-corrected chi connectivity index (χ1v) is 6.26. The van der Waals surface area contributed by atoms with Crippen LogP contribution in [0, 0.1) is 0 Å². The molecule has 0 unspecified atom stereocenters. The average molecular weight is 309 g/mol. The van der Waals surface area contributed by atoms with Gasteiger partial charge < -0.3 is 4.74 Å². The Balaban J connectivity index is 2.18. The molecule has 0 atom stereocenters. The van der Waals surface area contributed by atoms with Crippen molar-refractivity contribution in [2.45, 2.75) is 13.5 Å². The lowest BCUT2D eigenvalue weighted by atomic mass is 10.2. The average Bonchev–Trinajstić information content (AvgIpc) is 2.71. The first kappa shape index (κ1) is 12.8. The highest BCUT2D eigenvalue weighted by atomic mass is 79.9. The third-order valence-corrected chi connectivity index (χ3v) is 3.19. The summed E-state index contributed by atoms with van der Waals surface area (Å²) in [4.78, 5) is 11.3. The van der Waals surface area contributed by atoms with Gasteiger partial charge in [0.1, 0.15) is 10.4 Å². The Morgan fingerprint density at radius 3 is 2.56 bits per heavy atom. The highest BCUT2D eigenvalue weighted by Crippen LogP contribution is 2.17. The van der Waals surface area contributed by atoms with Crippen LogP contribution in [0.1, 0.15) is 22.8 Å². The second kappa shape index (κ2) is 5.35. The summed E-state index contributed by atoms with van der Waals surface area (Å²) in [5.41, 5.74) is 1.70. The van der Waals surface area contributed by atoms with Crippen molar-refractivity contribution < 1.29 is 9.53 Å². The van der Waals surface area contributed by atoms with E-state index in [4.69, 9.17) is 4.74 Å². The Labute approximate surface area is 114 Å². The quantitative estimate of drug-likeness (QED) is 0.816. The van der Waals surface area contributed by atoms with Crippen molar-refractivity contribution in [1.29, 1.82) is 0 Å². The van der Waals surface area contributed by atoms with E-state index < -0.39 is 0 Å². The molecule has 5 heteroatoms. The molecule has 2 aromatic rings. The number of benzene rings is 1. The van der Waals surface area contributed by atoms with Crippen molar-refractivity contribution in [2.24, 2.45) is 0 Å². The monoisotopic (exact) mass is 308 g/mol. The van der Waals surface area contributed by atoms with Crippen LogP contribution < -0.4 is 4.74 Å². The summed E-state index contributed by atoms with van der Waals surface area (Å²) in [5.74, 6) is 0.827. The van der Waals surface area contributed by atoms with E-state index in [1.807, 2.05) is 24.3 Å². The number of methoxy groups -OCH3 is 1. The molecule has 1 aromatic carbocycles. The number of rotatable bonds is 4. The van der Waals surface area contributed by atoms with Crippen LogP contribution in [0.3, 0.4) is 0 Å². The van der Waals surface area contributed by atoms with Crippen molar-refractivity contribution in [3.8, 4) is 5.75 Å². The fourth-order valence-electron chi connectivity index (χ4n) is 1.63. The predicted molar refractivity (Wildman–Crippen MR) is 72.0 cm³/mol. The SMILES string of the molecule is COc1ccc(Cn2cc(C(C)=O)c(Br)n2)cc1. The van der Waals surface area contributed by atoms with Crippen molar-refractivity contribution in [3.05, 3.63) is 46.2 Å². The van der Waals surface area contributed by atoms with Crippen molar-refractivity contribution in [2.75, 3.05) is 7.11 Å². The number of hydrogen-bond donors (Lipinski definition) is 0. The Morgan fingerprint density at radius 2 is 2.06 bits per heavy atom. The van der Waals surface area contributed by atoms with Crippen LogP contribution in [-0.4, -0.2) is 22.7 Å². The fraction of sp³-hybridized carbons (Fsp3) is 0.231. The van der Waals surface area contributed by atoms with Crippen LogP contribution in [0.15, 0.2) is 35.1 Å². The summed E-state index contributed by atoms with van der Waals surface area (Å²) in [6.07, 6.45) is 1.75. The molecule has 0 aliphatic heterocycles. The number of carbonyl (C=O) groups excluding carboxylic acids is 1. The highest BCUT2D eigenvalue weighted by molar-refractivity contribution is 9.10. The number of hydrogen-bond acceptors (Lipinski definition) is 3. The van der Waals surface area contributed by atoms with E-state index in [1.165, 1.54) is 6.92 Å². The molecule has 0 radical (unpaired) electrons. The molecule has 0 aliphatic carbocycles. The summed E-state index contributed by atoms with van der Waals surface area (Å²) < 4.78 is 7.42. The number of Topliss-reactive ketones (excluding diaryl/α,β-unsaturated/α-hetero) is 1. The summed E-state index contributed by atoms with van der Waals surface area (Å²) in [5, 5.41) is 4.25. The topological polar surface area (TPSA) is 44.1 Å². The van der Waals surface area contributed by atoms with Crippen molar-refractivity contribution in [1.82, 2.24) is 9.78 Å². The lowest BCUT2D eigenvalue weighted by molar-refractivity contribution is 0.101. The van der Waals surface area contributed by atoms with Gasteiger partial charge in [-0.3, -0.25) is 9.48 Å². The Kier molecular flexibility index (Phi) is 3.81. The van der Waals surface area contributed by atoms with Gasteiger partial charge in [0.05, 0.1) is 19.2 Å². The molecule has 0 bridgehead atoms. The zero-order valence-electron chi connectivity index (χ0n) is 10.2. The first-order valence-electron chi connectivity index (χ1n) is 5.47. The Bertz CT molecular complexity index is 561. The van der Waals surface area contributed by atoms with Gasteiger partial charge in [0.15, 0.2) is 5.78 Å². The second-order valence-electron chi connectivity index (χ2n) is 3.94. The van der Waals surface area contributed by atoms with E-state index in [9.17, 15) is 4.79 Å². The maximum Gasteiger partial charge on any atom is 0.164 e. The molecule has 1 heterocycles. The molecule has 0 N–H and O–H groups in total. The van der Waals surface area contributed by atoms with Crippen LogP contribution in [0.5, 0.6) is 5.75 Å². The minimum absolute atomic E-state index is 0.00264. The van der Waals surface area contributed by atoms with E-state index in [0.717, 1.165) is 11.3 Å². The van der Waals surface area contributed by atoms with Gasteiger partial charge in [0.25, 0.3) is 0 Å². The van der Waals surface area contributed by atoms with E-state index >= 15 is 0 Å². The number of halogens is 1. The largest absolute Gasteiger partial charge is 0.497 e. The van der Waals surface area contributed by atoms with Gasteiger partial charge in [-0.2, -0.15) is 5.10 Å². The van der Waals surface area contributed by atoms with E-state index in [0.29, 0.717) is 16.7 Å². The number of nitrogens with zero attached hydrogens (tertiary/aromatic N) is 2. The third kappa shape index (κ3) is 2.79. The minimum Gasteiger partial charge on any atom is -0.497 e. The molecule has 4 nitrogen and oxygen atoms in total. The van der Waals surface area contributed by atoms with Crippen molar-refractivity contribution in [3.63, 3.8) is 0 Å². The highest BCUT2D eigenvalue weighted by Gasteiger charge is 2.10. The molecule has 0 aliphatic rings. The smallest absolute Gasteiger partial charge is 0.164 e. The normalized spacial score (nSPS) is 10.4. The molecule has 0 spiro atoms. The molecule has 18 heavy (non-hydrogen) atoms. The molecule has 1 aromatic heterocycles. The molecule has 2 rings (SSSR count). The molecule has 0 fully saturated rings. The van der Waals surface area contributed by atoms with Gasteiger partial charge in [-0.15, -0.1) is 0 Å². The van der Waals surface area contributed by atoms with Crippen LogP contribution in [-0.2, 0) is 6.54 Å². The number of aromatic nitrogens is 2. The van der Waals surface area contributed by atoms with Gasteiger partial charge >= 0.3 is 0 Å². The zero-order chi connectivity index (χ0) is 13.1. The molecular formula is C13H13BrN2O2. The van der Waals surface area contributed by atoms with E-state index in [1.54, 1.807) is 18.0 Å². The number of ether oxygens (including phenoxy) is 1. The molecular weight excluding hydrogens is 296 g/mol. The lowest BCUT2D eigenvalue weighted by Gasteiger charge is -2.03. The van der Waals surface area contributed by atoms with Crippen LogP contribution in [0.2, 0.25) is 0 Å². The third-order valence-electron chi connectivity index (χ3n) is 2.60. The predicted octanol–water partition coefficient (Wildman–Crippen LogP) is 2.91. The van der Waals surface area contributed by atoms with E-state index in [2.05, 4.69) is 21.0 Å². The first-order chi connectivity index (χ1) is 8.60. The minimum atomic E-state index is 0.00264. The molecule has 0 saturated heterocycles. The van der Waals surface area contributed by atoms with E-state index in [-0.39, 0.29) is 5.78 Å². The van der Waals surface area contributed by atoms with Crippen LogP contribution in [0.4, 0.5) is 0 Å². The van der Waals surface area contributed by atoms with Crippen molar-refractivity contribution >= 4 is 21.7 Å². The lowest BCUT2D eigenvalue weighted by Crippen LogP contribution is -2.00. The summed E-state index contributed by atoms with van der Waals surface area (Å²) >= 11 is 3.28. The van der Waals surface area contributed by atoms with Crippen LogP contribution in [0.25, 0.3) is 0 Å². The summed E-state index contributed by atoms with van der Waals surface area (Å²) in [7, 11) is 1.64. The summed E-state index contributed by atoms with van der Waals surface area (Å²) in [6, 6.07) is 7.75.